The van der Waals surface area contributed by atoms with Crippen LogP contribution < -0.4 is 10.6 Å². The smallest absolute Gasteiger partial charge is 0.307 e. The number of anilines is 1. The van der Waals surface area contributed by atoms with Gasteiger partial charge < -0.3 is 15.4 Å². The van der Waals surface area contributed by atoms with Crippen molar-refractivity contribution in [3.63, 3.8) is 0 Å². The molecule has 0 aromatic heterocycles. The molecule has 2 aromatic carbocycles. The van der Waals surface area contributed by atoms with E-state index in [1.165, 1.54) is 30.9 Å². The van der Waals surface area contributed by atoms with Crippen LogP contribution in [0.2, 0.25) is 0 Å². The van der Waals surface area contributed by atoms with Gasteiger partial charge in [-0.15, -0.1) is 0 Å². The number of nitrogens with zero attached hydrogens (tertiary/aromatic N) is 1. The van der Waals surface area contributed by atoms with Crippen molar-refractivity contribution in [2.24, 2.45) is 0 Å². The lowest BCUT2D eigenvalue weighted by Gasteiger charge is -2.09. The molecule has 0 radical (unpaired) electrons. The summed E-state index contributed by atoms with van der Waals surface area (Å²) in [6.45, 7) is 0.694. The largest absolute Gasteiger partial charge is 0.469 e. The molecule has 2 aromatic rings. The van der Waals surface area contributed by atoms with Gasteiger partial charge in [0.2, 0.25) is 0 Å². The van der Waals surface area contributed by atoms with Crippen molar-refractivity contribution in [3.8, 4) is 0 Å². The van der Waals surface area contributed by atoms with Crippen LogP contribution in [0, 0.1) is 10.1 Å². The van der Waals surface area contributed by atoms with E-state index in [0.717, 1.165) is 19.3 Å². The Labute approximate surface area is 169 Å². The molecule has 2 rings (SSSR count). The Hall–Kier alpha value is -3.42. The first-order chi connectivity index (χ1) is 14.0. The highest BCUT2D eigenvalue weighted by Crippen LogP contribution is 2.25. The van der Waals surface area contributed by atoms with Gasteiger partial charge >= 0.3 is 5.97 Å². The van der Waals surface area contributed by atoms with Crippen LogP contribution in [-0.4, -0.2) is 37.0 Å². The van der Waals surface area contributed by atoms with Gasteiger partial charge in [0.1, 0.15) is 5.69 Å². The maximum atomic E-state index is 12.1. The van der Waals surface area contributed by atoms with Crippen molar-refractivity contribution in [3.05, 3.63) is 69.8 Å². The molecule has 8 heteroatoms. The zero-order valence-electron chi connectivity index (χ0n) is 16.3. The van der Waals surface area contributed by atoms with Crippen LogP contribution in [0.25, 0.3) is 0 Å². The van der Waals surface area contributed by atoms with Crippen molar-refractivity contribution in [1.29, 1.82) is 0 Å². The first-order valence-corrected chi connectivity index (χ1v) is 9.42. The van der Waals surface area contributed by atoms with Gasteiger partial charge in [-0.2, -0.15) is 0 Å². The van der Waals surface area contributed by atoms with Crippen molar-refractivity contribution in [2.75, 3.05) is 25.5 Å². The third-order valence-corrected chi connectivity index (χ3v) is 4.35. The number of nitrogens with one attached hydrogen (secondary N) is 2. The Morgan fingerprint density at radius 2 is 1.83 bits per heavy atom. The lowest BCUT2D eigenvalue weighted by molar-refractivity contribution is -0.384. The predicted molar refractivity (Wildman–Crippen MR) is 110 cm³/mol. The van der Waals surface area contributed by atoms with Crippen molar-refractivity contribution in [2.45, 2.75) is 25.7 Å². The summed E-state index contributed by atoms with van der Waals surface area (Å²) in [5, 5.41) is 17.0. The Balaban J connectivity index is 1.87. The maximum absolute atomic E-state index is 12.1. The normalized spacial score (nSPS) is 10.2. The third-order valence-electron chi connectivity index (χ3n) is 4.35. The first-order valence-electron chi connectivity index (χ1n) is 9.42. The molecule has 0 spiro atoms. The van der Waals surface area contributed by atoms with Gasteiger partial charge in [0.05, 0.1) is 18.5 Å². The van der Waals surface area contributed by atoms with Gasteiger partial charge in [-0.1, -0.05) is 30.3 Å². The number of hydrogen-bond donors (Lipinski definition) is 2. The van der Waals surface area contributed by atoms with Crippen molar-refractivity contribution in [1.82, 2.24) is 5.32 Å². The van der Waals surface area contributed by atoms with E-state index in [4.69, 9.17) is 0 Å². The topological polar surface area (TPSA) is 111 Å². The van der Waals surface area contributed by atoms with Crippen molar-refractivity contribution < 1.29 is 19.2 Å². The number of carbonyl (C=O) groups excluding carboxylic acids is 2. The Bertz CT molecular complexity index is 839. The number of hydrogen-bond acceptors (Lipinski definition) is 6. The number of aryl methyl sites for hydroxylation is 1. The quantitative estimate of drug-likeness (QED) is 0.260. The van der Waals surface area contributed by atoms with Gasteiger partial charge in [-0.3, -0.25) is 19.7 Å². The molecule has 154 valence electrons. The second-order valence-corrected chi connectivity index (χ2v) is 6.44. The van der Waals surface area contributed by atoms with E-state index in [0.29, 0.717) is 12.2 Å². The molecule has 0 saturated heterocycles. The highest BCUT2D eigenvalue weighted by atomic mass is 16.6. The van der Waals surface area contributed by atoms with Gasteiger partial charge in [-0.25, -0.2) is 0 Å². The molecule has 29 heavy (non-hydrogen) atoms. The Kier molecular flexibility index (Phi) is 8.62. The molecular formula is C21H25N3O5. The Morgan fingerprint density at radius 1 is 1.07 bits per heavy atom. The fourth-order valence-electron chi connectivity index (χ4n) is 2.78. The monoisotopic (exact) mass is 399 g/mol. The summed E-state index contributed by atoms with van der Waals surface area (Å²) in [5.74, 6) is -0.922. The van der Waals surface area contributed by atoms with E-state index in [1.807, 2.05) is 18.2 Å². The fourth-order valence-corrected chi connectivity index (χ4v) is 2.78. The molecule has 0 aliphatic heterocycles. The van der Waals surface area contributed by atoms with Gasteiger partial charge in [0.25, 0.3) is 11.6 Å². The minimum Gasteiger partial charge on any atom is -0.469 e. The molecular weight excluding hydrogens is 374 g/mol. The van der Waals surface area contributed by atoms with Crippen LogP contribution in [0.5, 0.6) is 0 Å². The SMILES string of the molecule is COC(=O)CCNC(=O)c1ccc(NCCCCc2ccccc2)c([N+](=O)[O-])c1. The molecule has 0 fully saturated rings. The summed E-state index contributed by atoms with van der Waals surface area (Å²) >= 11 is 0. The lowest BCUT2D eigenvalue weighted by atomic mass is 10.1. The number of ether oxygens (including phenoxy) is 1. The summed E-state index contributed by atoms with van der Waals surface area (Å²) in [7, 11) is 1.26. The third kappa shape index (κ3) is 7.25. The Morgan fingerprint density at radius 3 is 2.52 bits per heavy atom. The van der Waals surface area contributed by atoms with E-state index >= 15 is 0 Å². The second kappa shape index (κ2) is 11.4. The lowest BCUT2D eigenvalue weighted by Crippen LogP contribution is -2.26. The summed E-state index contributed by atoms with van der Waals surface area (Å²) in [6.07, 6.45) is 2.82. The average molecular weight is 399 g/mol. The molecule has 0 heterocycles. The molecule has 0 bridgehead atoms. The highest BCUT2D eigenvalue weighted by Gasteiger charge is 2.17. The highest BCUT2D eigenvalue weighted by molar-refractivity contribution is 5.95. The summed E-state index contributed by atoms with van der Waals surface area (Å²) in [6, 6.07) is 14.4. The van der Waals surface area contributed by atoms with Crippen LogP contribution in [0.4, 0.5) is 11.4 Å². The number of methoxy groups -OCH3 is 1. The van der Waals surface area contributed by atoms with Crippen LogP contribution >= 0.6 is 0 Å². The molecule has 0 unspecified atom stereocenters. The van der Waals surface area contributed by atoms with Gasteiger partial charge in [0, 0.05) is 24.7 Å². The fraction of sp³-hybridized carbons (Fsp3) is 0.333. The number of esters is 1. The van der Waals surface area contributed by atoms with E-state index in [2.05, 4.69) is 27.5 Å². The number of carbonyl (C=O) groups is 2. The van der Waals surface area contributed by atoms with E-state index in [-0.39, 0.29) is 24.2 Å². The number of benzene rings is 2. The standard InChI is InChI=1S/C21H25N3O5/c1-29-20(25)12-14-23-21(26)17-10-11-18(19(15-17)24(27)28)22-13-6-5-9-16-7-3-2-4-8-16/h2-4,7-8,10-11,15,22H,5-6,9,12-14H2,1H3,(H,23,26). The van der Waals surface area contributed by atoms with Crippen LogP contribution in [-0.2, 0) is 16.0 Å². The maximum Gasteiger partial charge on any atom is 0.307 e. The number of nitro benzene ring substituents is 1. The average Bonchev–Trinajstić information content (AvgIpc) is 2.73. The molecule has 0 aliphatic rings. The zero-order valence-corrected chi connectivity index (χ0v) is 16.3. The van der Waals surface area contributed by atoms with Gasteiger partial charge in [0.15, 0.2) is 0 Å². The minimum atomic E-state index is -0.516. The number of nitro groups is 1. The molecule has 2 N–H and O–H groups in total. The summed E-state index contributed by atoms with van der Waals surface area (Å²) in [4.78, 5) is 34.1. The zero-order chi connectivity index (χ0) is 21.1. The van der Waals surface area contributed by atoms with Crippen LogP contribution in [0.1, 0.15) is 35.2 Å². The van der Waals surface area contributed by atoms with E-state index < -0.39 is 16.8 Å². The van der Waals surface area contributed by atoms with Crippen LogP contribution in [0.3, 0.4) is 0 Å². The number of amides is 1. The number of rotatable bonds is 11. The molecule has 0 atom stereocenters. The van der Waals surface area contributed by atoms with Gasteiger partial charge in [-0.05, 0) is 37.0 Å². The van der Waals surface area contributed by atoms with Crippen molar-refractivity contribution >= 4 is 23.3 Å². The number of unbranched alkanes of at least 4 members (excludes halogenated alkanes) is 1. The predicted octanol–water partition coefficient (Wildman–Crippen LogP) is 3.32. The first kappa shape index (κ1) is 21.9. The summed E-state index contributed by atoms with van der Waals surface area (Å²) < 4.78 is 4.50. The minimum absolute atomic E-state index is 0.0347. The molecule has 1 amide bonds. The summed E-state index contributed by atoms with van der Waals surface area (Å²) in [5.41, 5.74) is 1.65. The van der Waals surface area contributed by atoms with E-state index in [9.17, 15) is 19.7 Å². The van der Waals surface area contributed by atoms with E-state index in [1.54, 1.807) is 0 Å². The molecule has 0 aliphatic carbocycles. The van der Waals surface area contributed by atoms with Crippen LogP contribution in [0.15, 0.2) is 48.5 Å². The molecule has 0 saturated carbocycles. The molecule has 8 nitrogen and oxygen atoms in total. The second-order valence-electron chi connectivity index (χ2n) is 6.44.